The third kappa shape index (κ3) is 3.14. The molecule has 0 fully saturated rings. The second-order valence-corrected chi connectivity index (χ2v) is 4.19. The lowest BCUT2D eigenvalue weighted by molar-refractivity contribution is 0.0697. The summed E-state index contributed by atoms with van der Waals surface area (Å²) < 4.78 is 5.18. The van der Waals surface area contributed by atoms with Crippen LogP contribution in [-0.4, -0.2) is 16.8 Å². The summed E-state index contributed by atoms with van der Waals surface area (Å²) in [6.07, 6.45) is 1.55. The number of aromatic carboxylic acids is 1. The first-order valence-corrected chi connectivity index (χ1v) is 5.83. The fourth-order valence-corrected chi connectivity index (χ4v) is 1.59. The number of anilines is 1. The SMILES string of the molecule is C/C(=N/Nc1cc(C(=O)O)ccc1Cl)c1ccco1. The van der Waals surface area contributed by atoms with Crippen LogP contribution in [0.5, 0.6) is 0 Å². The Morgan fingerprint density at radius 2 is 2.21 bits per heavy atom. The lowest BCUT2D eigenvalue weighted by Gasteiger charge is -2.05. The van der Waals surface area contributed by atoms with E-state index in [0.717, 1.165) is 0 Å². The van der Waals surface area contributed by atoms with E-state index in [-0.39, 0.29) is 5.56 Å². The number of hydrogen-bond donors (Lipinski definition) is 2. The maximum atomic E-state index is 10.9. The van der Waals surface area contributed by atoms with E-state index >= 15 is 0 Å². The van der Waals surface area contributed by atoms with Gasteiger partial charge in [-0.15, -0.1) is 0 Å². The molecule has 0 bridgehead atoms. The zero-order valence-corrected chi connectivity index (χ0v) is 10.8. The summed E-state index contributed by atoms with van der Waals surface area (Å²) in [5, 5.41) is 13.4. The van der Waals surface area contributed by atoms with E-state index in [1.165, 1.54) is 18.2 Å². The predicted molar refractivity (Wildman–Crippen MR) is 73.0 cm³/mol. The van der Waals surface area contributed by atoms with E-state index in [1.54, 1.807) is 25.3 Å². The quantitative estimate of drug-likeness (QED) is 0.663. The summed E-state index contributed by atoms with van der Waals surface area (Å²) in [6.45, 7) is 1.76. The standard InChI is InChI=1S/C13H11ClN2O3/c1-8(12-3-2-6-19-12)15-16-11-7-9(13(17)18)4-5-10(11)14/h2-7,16H,1H3,(H,17,18)/b15-8-. The Labute approximate surface area is 114 Å². The molecule has 5 nitrogen and oxygen atoms in total. The Morgan fingerprint density at radius 3 is 2.84 bits per heavy atom. The second kappa shape index (κ2) is 5.58. The minimum Gasteiger partial charge on any atom is -0.478 e. The number of carbonyl (C=O) groups is 1. The molecule has 1 aromatic carbocycles. The number of benzene rings is 1. The first-order valence-electron chi connectivity index (χ1n) is 5.45. The third-order valence-electron chi connectivity index (χ3n) is 2.44. The molecule has 0 aliphatic heterocycles. The van der Waals surface area contributed by atoms with Crippen molar-refractivity contribution in [1.29, 1.82) is 0 Å². The molecule has 0 spiro atoms. The van der Waals surface area contributed by atoms with Crippen molar-refractivity contribution in [2.75, 3.05) is 5.43 Å². The van der Waals surface area contributed by atoms with Crippen molar-refractivity contribution in [2.24, 2.45) is 5.10 Å². The maximum Gasteiger partial charge on any atom is 0.335 e. The van der Waals surface area contributed by atoms with Crippen LogP contribution in [0.2, 0.25) is 5.02 Å². The van der Waals surface area contributed by atoms with Crippen LogP contribution >= 0.6 is 11.6 Å². The average Bonchev–Trinajstić information content (AvgIpc) is 2.91. The Kier molecular flexibility index (Phi) is 3.87. The predicted octanol–water partition coefficient (Wildman–Crippen LogP) is 3.47. The van der Waals surface area contributed by atoms with Gasteiger partial charge in [0.1, 0.15) is 11.5 Å². The van der Waals surface area contributed by atoms with Gasteiger partial charge in [-0.25, -0.2) is 4.79 Å². The summed E-state index contributed by atoms with van der Waals surface area (Å²) in [6, 6.07) is 7.88. The molecule has 2 aromatic rings. The van der Waals surface area contributed by atoms with Gasteiger partial charge in [0.2, 0.25) is 0 Å². The smallest absolute Gasteiger partial charge is 0.335 e. The van der Waals surface area contributed by atoms with Gasteiger partial charge in [0.05, 0.1) is 22.5 Å². The van der Waals surface area contributed by atoms with Crippen LogP contribution in [0.15, 0.2) is 46.1 Å². The monoisotopic (exact) mass is 278 g/mol. The normalized spacial score (nSPS) is 11.4. The van der Waals surface area contributed by atoms with Gasteiger partial charge in [0.15, 0.2) is 0 Å². The summed E-state index contributed by atoms with van der Waals surface area (Å²) in [5.41, 5.74) is 3.92. The Balaban J connectivity index is 2.21. The molecule has 0 unspecified atom stereocenters. The fourth-order valence-electron chi connectivity index (χ4n) is 1.43. The van der Waals surface area contributed by atoms with Gasteiger partial charge in [-0.2, -0.15) is 5.10 Å². The van der Waals surface area contributed by atoms with Crippen molar-refractivity contribution in [3.05, 3.63) is 52.9 Å². The molecule has 0 aliphatic rings. The first kappa shape index (κ1) is 13.2. The molecule has 19 heavy (non-hydrogen) atoms. The summed E-state index contributed by atoms with van der Waals surface area (Å²) in [7, 11) is 0. The van der Waals surface area contributed by atoms with Crippen molar-refractivity contribution in [2.45, 2.75) is 6.92 Å². The topological polar surface area (TPSA) is 74.8 Å². The number of carboxylic acids is 1. The second-order valence-electron chi connectivity index (χ2n) is 3.79. The minimum atomic E-state index is -1.02. The van der Waals surface area contributed by atoms with Crippen molar-refractivity contribution >= 4 is 29.0 Å². The molecule has 2 rings (SSSR count). The molecule has 0 radical (unpaired) electrons. The number of hydrazone groups is 1. The van der Waals surface area contributed by atoms with Gasteiger partial charge in [-0.3, -0.25) is 5.43 Å². The van der Waals surface area contributed by atoms with E-state index < -0.39 is 5.97 Å². The van der Waals surface area contributed by atoms with Crippen LogP contribution in [0.1, 0.15) is 23.0 Å². The minimum absolute atomic E-state index is 0.137. The molecule has 6 heteroatoms. The van der Waals surface area contributed by atoms with E-state index in [9.17, 15) is 4.79 Å². The fraction of sp³-hybridized carbons (Fsp3) is 0.0769. The molecule has 0 amide bonds. The van der Waals surface area contributed by atoms with Crippen molar-refractivity contribution in [1.82, 2.24) is 0 Å². The highest BCUT2D eigenvalue weighted by atomic mass is 35.5. The average molecular weight is 279 g/mol. The molecule has 0 atom stereocenters. The lowest BCUT2D eigenvalue weighted by Crippen LogP contribution is -2.01. The highest BCUT2D eigenvalue weighted by Gasteiger charge is 2.07. The van der Waals surface area contributed by atoms with Crippen molar-refractivity contribution < 1.29 is 14.3 Å². The zero-order chi connectivity index (χ0) is 13.8. The molecule has 1 aromatic heterocycles. The van der Waals surface area contributed by atoms with E-state index in [1.807, 2.05) is 0 Å². The highest BCUT2D eigenvalue weighted by molar-refractivity contribution is 6.33. The van der Waals surface area contributed by atoms with Crippen LogP contribution < -0.4 is 5.43 Å². The van der Waals surface area contributed by atoms with E-state index in [0.29, 0.717) is 22.2 Å². The Morgan fingerprint density at radius 1 is 1.42 bits per heavy atom. The number of nitrogens with zero attached hydrogens (tertiary/aromatic N) is 1. The number of furan rings is 1. The van der Waals surface area contributed by atoms with E-state index in [2.05, 4.69) is 10.5 Å². The number of carboxylic acid groups (broad SMARTS) is 1. The number of halogens is 1. The molecule has 0 aliphatic carbocycles. The van der Waals surface area contributed by atoms with E-state index in [4.69, 9.17) is 21.1 Å². The van der Waals surface area contributed by atoms with Crippen LogP contribution in [-0.2, 0) is 0 Å². The summed E-state index contributed by atoms with van der Waals surface area (Å²) in [5.74, 6) is -0.399. The molecular formula is C13H11ClN2O3. The maximum absolute atomic E-state index is 10.9. The summed E-state index contributed by atoms with van der Waals surface area (Å²) in [4.78, 5) is 10.9. The van der Waals surface area contributed by atoms with Gasteiger partial charge in [-0.05, 0) is 37.3 Å². The molecule has 0 saturated heterocycles. The third-order valence-corrected chi connectivity index (χ3v) is 2.76. The van der Waals surface area contributed by atoms with Crippen LogP contribution in [0.25, 0.3) is 0 Å². The first-order chi connectivity index (χ1) is 9.08. The van der Waals surface area contributed by atoms with Crippen LogP contribution in [0.4, 0.5) is 5.69 Å². The molecular weight excluding hydrogens is 268 g/mol. The summed E-state index contributed by atoms with van der Waals surface area (Å²) >= 11 is 5.96. The van der Waals surface area contributed by atoms with Gasteiger partial charge in [0, 0.05) is 0 Å². The van der Waals surface area contributed by atoms with Gasteiger partial charge < -0.3 is 9.52 Å². The number of rotatable bonds is 4. The van der Waals surface area contributed by atoms with Crippen LogP contribution in [0, 0.1) is 0 Å². The van der Waals surface area contributed by atoms with Gasteiger partial charge in [0.25, 0.3) is 0 Å². The molecule has 2 N–H and O–H groups in total. The molecule has 98 valence electrons. The lowest BCUT2D eigenvalue weighted by atomic mass is 10.2. The Bertz CT molecular complexity index is 621. The molecule has 1 heterocycles. The van der Waals surface area contributed by atoms with Crippen LogP contribution in [0.3, 0.4) is 0 Å². The van der Waals surface area contributed by atoms with Gasteiger partial charge >= 0.3 is 5.97 Å². The largest absolute Gasteiger partial charge is 0.478 e. The molecule has 0 saturated carbocycles. The van der Waals surface area contributed by atoms with Crippen molar-refractivity contribution in [3.63, 3.8) is 0 Å². The zero-order valence-electron chi connectivity index (χ0n) is 10.1. The highest BCUT2D eigenvalue weighted by Crippen LogP contribution is 2.23. The van der Waals surface area contributed by atoms with Crippen molar-refractivity contribution in [3.8, 4) is 0 Å². The van der Waals surface area contributed by atoms with Gasteiger partial charge in [-0.1, -0.05) is 11.6 Å². The number of hydrogen-bond acceptors (Lipinski definition) is 4. The Hall–Kier alpha value is -2.27. The number of nitrogens with one attached hydrogen (secondary N) is 1.